The maximum Gasteiger partial charge on any atom is 0.139 e. The summed E-state index contributed by atoms with van der Waals surface area (Å²) in [5.74, 6) is 3.00. The Labute approximate surface area is 175 Å². The van der Waals surface area contributed by atoms with Crippen molar-refractivity contribution in [2.75, 3.05) is 19.7 Å². The molecule has 0 aromatic carbocycles. The molecular formula is C24H38N2O3. The fourth-order valence-corrected chi connectivity index (χ4v) is 8.03. The van der Waals surface area contributed by atoms with Crippen LogP contribution in [0.5, 0.6) is 0 Å². The molecule has 0 radical (unpaired) electrons. The molecule has 5 rings (SSSR count). The van der Waals surface area contributed by atoms with Crippen LogP contribution in [0.2, 0.25) is 0 Å². The van der Waals surface area contributed by atoms with Crippen LogP contribution in [0, 0.1) is 40.4 Å². The number of hydrogen-bond donors (Lipinski definition) is 3. The van der Waals surface area contributed by atoms with Crippen LogP contribution < -0.4 is 10.8 Å². The van der Waals surface area contributed by atoms with Gasteiger partial charge in [-0.05, 0) is 86.5 Å². The van der Waals surface area contributed by atoms with Crippen molar-refractivity contribution < 1.29 is 14.7 Å². The second-order valence-corrected chi connectivity index (χ2v) is 11.0. The number of fused-ring (bicyclic) bond motifs is 5. The van der Waals surface area contributed by atoms with Crippen LogP contribution in [-0.4, -0.2) is 36.7 Å². The Balaban J connectivity index is 1.37. The lowest BCUT2D eigenvalue weighted by molar-refractivity contribution is -0.141. The van der Waals surface area contributed by atoms with Crippen molar-refractivity contribution in [2.45, 2.75) is 71.3 Å². The van der Waals surface area contributed by atoms with Gasteiger partial charge in [0.2, 0.25) is 0 Å². The van der Waals surface area contributed by atoms with Gasteiger partial charge in [-0.25, -0.2) is 0 Å². The van der Waals surface area contributed by atoms with Crippen molar-refractivity contribution in [3.8, 4) is 0 Å². The van der Waals surface area contributed by atoms with Gasteiger partial charge in [-0.1, -0.05) is 19.9 Å². The first kappa shape index (κ1) is 20.0. The first-order valence-corrected chi connectivity index (χ1v) is 11.9. The van der Waals surface area contributed by atoms with E-state index in [1.807, 2.05) is 0 Å². The van der Waals surface area contributed by atoms with Crippen molar-refractivity contribution in [3.63, 3.8) is 0 Å². The van der Waals surface area contributed by atoms with Gasteiger partial charge < -0.3 is 10.4 Å². The summed E-state index contributed by atoms with van der Waals surface area (Å²) in [5.41, 5.74) is 4.61. The molecule has 5 nitrogen and oxygen atoms in total. The smallest absolute Gasteiger partial charge is 0.139 e. The van der Waals surface area contributed by atoms with Gasteiger partial charge in [-0.15, -0.1) is 0 Å². The highest BCUT2D eigenvalue weighted by Gasteiger charge is 2.61. The van der Waals surface area contributed by atoms with E-state index < -0.39 is 0 Å². The fourth-order valence-electron chi connectivity index (χ4n) is 8.03. The van der Waals surface area contributed by atoms with Gasteiger partial charge in [-0.3, -0.25) is 15.1 Å². The van der Waals surface area contributed by atoms with Crippen LogP contribution in [0.1, 0.15) is 65.2 Å². The standard InChI is InChI=1S/C24H38N2O3/c1-23-8-5-16(26-29-17-7-10-25-13-17)12-21(23)15(14-27)11-18-19-3-4-22(28)24(19,2)9-6-20(18)23/h12,15,17-21,25-27H,3-11,13-14H2,1-2H3/t15-,17?,18+,19+,20+,21?,23-,24+/m1/s1. The molecule has 8 atom stereocenters. The molecule has 5 aliphatic rings. The number of rotatable bonds is 4. The Kier molecular flexibility index (Phi) is 5.07. The van der Waals surface area contributed by atoms with Gasteiger partial charge >= 0.3 is 0 Å². The van der Waals surface area contributed by atoms with E-state index in [2.05, 4.69) is 30.7 Å². The predicted octanol–water partition coefficient (Wildman–Crippen LogP) is 3.19. The van der Waals surface area contributed by atoms with Crippen molar-refractivity contribution in [1.82, 2.24) is 10.8 Å². The van der Waals surface area contributed by atoms with E-state index in [9.17, 15) is 9.90 Å². The monoisotopic (exact) mass is 402 g/mol. The molecule has 29 heavy (non-hydrogen) atoms. The number of aliphatic hydroxyl groups is 1. The quantitative estimate of drug-likeness (QED) is 0.630. The highest BCUT2D eigenvalue weighted by Crippen LogP contribution is 2.66. The molecule has 4 fully saturated rings. The number of aliphatic hydroxyl groups excluding tert-OH is 1. The third-order valence-corrected chi connectivity index (χ3v) is 9.76. The summed E-state index contributed by atoms with van der Waals surface area (Å²) in [5, 5.41) is 13.7. The number of carbonyl (C=O) groups excluding carboxylic acids is 1. The average Bonchev–Trinajstić information content (AvgIpc) is 3.34. The second-order valence-electron chi connectivity index (χ2n) is 11.0. The van der Waals surface area contributed by atoms with Crippen LogP contribution in [0.25, 0.3) is 0 Å². The van der Waals surface area contributed by atoms with E-state index in [1.165, 1.54) is 12.1 Å². The van der Waals surface area contributed by atoms with Gasteiger partial charge in [-0.2, -0.15) is 0 Å². The maximum atomic E-state index is 12.7. The topological polar surface area (TPSA) is 70.6 Å². The largest absolute Gasteiger partial charge is 0.396 e. The van der Waals surface area contributed by atoms with E-state index in [-0.39, 0.29) is 23.5 Å². The molecule has 3 N–H and O–H groups in total. The normalized spacial score (nSPS) is 49.2. The van der Waals surface area contributed by atoms with E-state index in [4.69, 9.17) is 4.84 Å². The van der Waals surface area contributed by atoms with Crippen LogP contribution in [0.15, 0.2) is 11.8 Å². The highest BCUT2D eigenvalue weighted by atomic mass is 16.7. The third-order valence-electron chi connectivity index (χ3n) is 9.76. The van der Waals surface area contributed by atoms with Crippen molar-refractivity contribution >= 4 is 5.78 Å². The lowest BCUT2D eigenvalue weighted by Crippen LogP contribution is -2.55. The molecule has 4 aliphatic carbocycles. The van der Waals surface area contributed by atoms with Crippen LogP contribution >= 0.6 is 0 Å². The van der Waals surface area contributed by atoms with Gasteiger partial charge in [0.15, 0.2) is 0 Å². The minimum atomic E-state index is -0.0925. The Hall–Kier alpha value is -0.910. The second kappa shape index (κ2) is 7.35. The zero-order valence-corrected chi connectivity index (χ0v) is 18.1. The number of ketones is 1. The molecule has 0 aromatic heterocycles. The molecule has 162 valence electrons. The summed E-state index contributed by atoms with van der Waals surface area (Å²) in [6.45, 7) is 6.92. The van der Waals surface area contributed by atoms with Crippen LogP contribution in [0.3, 0.4) is 0 Å². The number of Topliss-reactive ketones (excluding diaryl/α,β-unsaturated/α-hetero) is 1. The van der Waals surface area contributed by atoms with Gasteiger partial charge in [0.25, 0.3) is 0 Å². The Morgan fingerprint density at radius 1 is 1.21 bits per heavy atom. The molecule has 1 aliphatic heterocycles. The summed E-state index contributed by atoms with van der Waals surface area (Å²) >= 11 is 0. The minimum absolute atomic E-state index is 0.0925. The van der Waals surface area contributed by atoms with Crippen molar-refractivity contribution in [2.24, 2.45) is 40.4 Å². The molecule has 0 aromatic rings. The Bertz CT molecular complexity index is 688. The van der Waals surface area contributed by atoms with Gasteiger partial charge in [0.05, 0.1) is 6.10 Å². The lowest BCUT2D eigenvalue weighted by atomic mass is 9.44. The molecule has 0 spiro atoms. The Morgan fingerprint density at radius 2 is 2.07 bits per heavy atom. The van der Waals surface area contributed by atoms with Gasteiger partial charge in [0.1, 0.15) is 5.78 Å². The number of carbonyl (C=O) groups is 1. The van der Waals surface area contributed by atoms with E-state index >= 15 is 0 Å². The molecule has 5 heteroatoms. The van der Waals surface area contributed by atoms with E-state index in [0.29, 0.717) is 35.4 Å². The molecular weight excluding hydrogens is 364 g/mol. The SMILES string of the molecule is C[C@]12CCC(NOC3CCNC3)=CC1[C@@H](CO)C[C@@H]1[C@@H]2CC[C@]2(C)C(=O)CC[C@@H]12. The fraction of sp³-hybridized carbons (Fsp3) is 0.875. The molecule has 2 unspecified atom stereocenters. The highest BCUT2D eigenvalue weighted by molar-refractivity contribution is 5.87. The van der Waals surface area contributed by atoms with E-state index in [0.717, 1.165) is 58.0 Å². The van der Waals surface area contributed by atoms with Crippen molar-refractivity contribution in [3.05, 3.63) is 11.8 Å². The molecule has 1 heterocycles. The average molecular weight is 403 g/mol. The Morgan fingerprint density at radius 3 is 2.83 bits per heavy atom. The first-order chi connectivity index (χ1) is 14.0. The number of hydrogen-bond acceptors (Lipinski definition) is 5. The maximum absolute atomic E-state index is 12.7. The number of allylic oxidation sites excluding steroid dienone is 2. The summed E-state index contributed by atoms with van der Waals surface area (Å²) in [6.07, 6.45) is 11.0. The molecule has 3 saturated carbocycles. The summed E-state index contributed by atoms with van der Waals surface area (Å²) < 4.78 is 0. The van der Waals surface area contributed by atoms with Crippen LogP contribution in [0.4, 0.5) is 0 Å². The van der Waals surface area contributed by atoms with Crippen LogP contribution in [-0.2, 0) is 9.63 Å². The molecule has 0 bridgehead atoms. The van der Waals surface area contributed by atoms with E-state index in [1.54, 1.807) is 0 Å². The molecule has 0 amide bonds. The first-order valence-electron chi connectivity index (χ1n) is 11.9. The zero-order chi connectivity index (χ0) is 20.2. The zero-order valence-electron chi connectivity index (χ0n) is 18.1. The summed E-state index contributed by atoms with van der Waals surface area (Å²) in [7, 11) is 0. The predicted molar refractivity (Wildman–Crippen MR) is 112 cm³/mol. The summed E-state index contributed by atoms with van der Waals surface area (Å²) in [4.78, 5) is 18.6. The van der Waals surface area contributed by atoms with Crippen molar-refractivity contribution in [1.29, 1.82) is 0 Å². The molecule has 1 saturated heterocycles. The number of hydroxylamine groups is 1. The number of nitrogens with one attached hydrogen (secondary N) is 2. The minimum Gasteiger partial charge on any atom is -0.396 e. The summed E-state index contributed by atoms with van der Waals surface area (Å²) in [6, 6.07) is 0. The lowest BCUT2D eigenvalue weighted by Gasteiger charge is -2.60. The van der Waals surface area contributed by atoms with Gasteiger partial charge in [0, 0.05) is 30.7 Å². The third kappa shape index (κ3) is 3.11.